The molecular weight excluding hydrogens is 388 g/mol. The summed E-state index contributed by atoms with van der Waals surface area (Å²) >= 11 is 6.46. The molecule has 1 aliphatic heterocycles. The van der Waals surface area contributed by atoms with Gasteiger partial charge in [-0.25, -0.2) is 0 Å². The van der Waals surface area contributed by atoms with E-state index in [1.807, 2.05) is 48.5 Å². The van der Waals surface area contributed by atoms with Gasteiger partial charge in [-0.2, -0.15) is 0 Å². The van der Waals surface area contributed by atoms with Gasteiger partial charge in [0.05, 0.1) is 25.9 Å². The molecule has 0 spiro atoms. The second-order valence-corrected chi connectivity index (χ2v) is 8.08. The van der Waals surface area contributed by atoms with E-state index in [1.54, 1.807) is 0 Å². The van der Waals surface area contributed by atoms with Crippen LogP contribution in [0.25, 0.3) is 0 Å². The number of halogens is 1. The molecule has 29 heavy (non-hydrogen) atoms. The Morgan fingerprint density at radius 1 is 1.14 bits per heavy atom. The first kappa shape index (κ1) is 20.2. The smallest absolute Gasteiger partial charge is 0.251 e. The van der Waals surface area contributed by atoms with E-state index in [-0.39, 0.29) is 11.9 Å². The average Bonchev–Trinajstić information content (AvgIpc) is 3.59. The standard InChI is InChI=1S/C23H27ClN2O3/c24-21-4-2-1-3-20(21)22(26-11-13-28-14-12-26)15-25-23(27)18-7-9-19(10-8-18)29-16-17-5-6-17/h1-4,7-10,17,22H,5-6,11-16H2,(H,25,27). The molecule has 1 atom stereocenters. The van der Waals surface area contributed by atoms with Gasteiger partial charge >= 0.3 is 0 Å². The van der Waals surface area contributed by atoms with Crippen molar-refractivity contribution in [2.24, 2.45) is 5.92 Å². The number of hydrogen-bond donors (Lipinski definition) is 1. The van der Waals surface area contributed by atoms with E-state index in [0.717, 1.165) is 36.0 Å². The molecule has 0 bridgehead atoms. The van der Waals surface area contributed by atoms with Gasteiger partial charge < -0.3 is 14.8 Å². The van der Waals surface area contributed by atoms with Gasteiger partial charge in [-0.05, 0) is 54.7 Å². The SMILES string of the molecule is O=C(NCC(c1ccccc1Cl)N1CCOCC1)c1ccc(OCC2CC2)cc1. The maximum Gasteiger partial charge on any atom is 0.251 e. The molecule has 1 heterocycles. The molecule has 4 rings (SSSR count). The normalized spacial score (nSPS) is 18.2. The third kappa shape index (κ3) is 5.50. The molecule has 2 aromatic rings. The Bertz CT molecular complexity index is 817. The fourth-order valence-corrected chi connectivity index (χ4v) is 3.82. The van der Waals surface area contributed by atoms with E-state index in [4.69, 9.17) is 21.1 Å². The minimum Gasteiger partial charge on any atom is -0.493 e. The molecule has 2 fully saturated rings. The second kappa shape index (κ2) is 9.61. The lowest BCUT2D eigenvalue weighted by Gasteiger charge is -2.35. The highest BCUT2D eigenvalue weighted by atomic mass is 35.5. The van der Waals surface area contributed by atoms with Crippen molar-refractivity contribution in [3.8, 4) is 5.75 Å². The molecule has 1 aliphatic carbocycles. The molecule has 1 saturated carbocycles. The fraction of sp³-hybridized carbons (Fsp3) is 0.435. The molecule has 0 radical (unpaired) electrons. The highest BCUT2D eigenvalue weighted by Gasteiger charge is 2.25. The number of nitrogens with one attached hydrogen (secondary N) is 1. The van der Waals surface area contributed by atoms with Gasteiger partial charge in [0.15, 0.2) is 0 Å². The zero-order chi connectivity index (χ0) is 20.1. The highest BCUT2D eigenvalue weighted by Crippen LogP contribution is 2.30. The van der Waals surface area contributed by atoms with Gasteiger partial charge in [0, 0.05) is 30.2 Å². The maximum atomic E-state index is 12.7. The van der Waals surface area contributed by atoms with Gasteiger partial charge in [0.25, 0.3) is 5.91 Å². The van der Waals surface area contributed by atoms with E-state index < -0.39 is 0 Å². The molecular formula is C23H27ClN2O3. The minimum atomic E-state index is -0.0935. The summed E-state index contributed by atoms with van der Waals surface area (Å²) in [6.45, 7) is 4.28. The molecule has 1 N–H and O–H groups in total. The number of carbonyl (C=O) groups excluding carboxylic acids is 1. The average molecular weight is 415 g/mol. The van der Waals surface area contributed by atoms with Crippen molar-refractivity contribution in [2.45, 2.75) is 18.9 Å². The number of ether oxygens (including phenoxy) is 2. The van der Waals surface area contributed by atoms with Gasteiger partial charge in [0.2, 0.25) is 0 Å². The van der Waals surface area contributed by atoms with Crippen LogP contribution in [0.15, 0.2) is 48.5 Å². The summed E-state index contributed by atoms with van der Waals surface area (Å²) in [4.78, 5) is 15.0. The third-order valence-electron chi connectivity index (χ3n) is 5.51. The van der Waals surface area contributed by atoms with Crippen LogP contribution in [-0.4, -0.2) is 50.3 Å². The van der Waals surface area contributed by atoms with E-state index in [0.29, 0.717) is 31.2 Å². The molecule has 1 amide bonds. The second-order valence-electron chi connectivity index (χ2n) is 7.67. The summed E-state index contributed by atoms with van der Waals surface area (Å²) in [6.07, 6.45) is 2.52. The monoisotopic (exact) mass is 414 g/mol. The summed E-state index contributed by atoms with van der Waals surface area (Å²) < 4.78 is 11.2. The molecule has 1 saturated heterocycles. The number of morpholine rings is 1. The van der Waals surface area contributed by atoms with Crippen LogP contribution in [0, 0.1) is 5.92 Å². The van der Waals surface area contributed by atoms with Crippen LogP contribution in [0.3, 0.4) is 0 Å². The number of carbonyl (C=O) groups is 1. The molecule has 0 aromatic heterocycles. The first-order chi connectivity index (χ1) is 14.2. The Morgan fingerprint density at radius 3 is 2.55 bits per heavy atom. The molecule has 1 unspecified atom stereocenters. The van der Waals surface area contributed by atoms with Crippen LogP contribution >= 0.6 is 11.6 Å². The highest BCUT2D eigenvalue weighted by molar-refractivity contribution is 6.31. The van der Waals surface area contributed by atoms with Gasteiger partial charge in [-0.15, -0.1) is 0 Å². The molecule has 6 heteroatoms. The van der Waals surface area contributed by atoms with Crippen molar-refractivity contribution in [3.05, 3.63) is 64.7 Å². The number of rotatable bonds is 8. The van der Waals surface area contributed by atoms with Gasteiger partial charge in [-0.3, -0.25) is 9.69 Å². The Morgan fingerprint density at radius 2 is 1.86 bits per heavy atom. The fourth-order valence-electron chi connectivity index (χ4n) is 3.56. The van der Waals surface area contributed by atoms with E-state index in [2.05, 4.69) is 10.2 Å². The van der Waals surface area contributed by atoms with E-state index >= 15 is 0 Å². The van der Waals surface area contributed by atoms with E-state index in [1.165, 1.54) is 12.8 Å². The van der Waals surface area contributed by atoms with Crippen LogP contribution in [-0.2, 0) is 4.74 Å². The summed E-state index contributed by atoms with van der Waals surface area (Å²) in [5.74, 6) is 1.43. The number of benzene rings is 2. The third-order valence-corrected chi connectivity index (χ3v) is 5.85. The summed E-state index contributed by atoms with van der Waals surface area (Å²) in [5, 5.41) is 3.80. The van der Waals surface area contributed by atoms with Crippen molar-refractivity contribution in [3.63, 3.8) is 0 Å². The lowest BCUT2D eigenvalue weighted by atomic mass is 10.0. The Balaban J connectivity index is 1.39. The zero-order valence-electron chi connectivity index (χ0n) is 16.5. The largest absolute Gasteiger partial charge is 0.493 e. The first-order valence-electron chi connectivity index (χ1n) is 10.3. The van der Waals surface area contributed by atoms with E-state index in [9.17, 15) is 4.79 Å². The summed E-state index contributed by atoms with van der Waals surface area (Å²) in [5.41, 5.74) is 1.66. The minimum absolute atomic E-state index is 0.0118. The van der Waals surface area contributed by atoms with Crippen LogP contribution < -0.4 is 10.1 Å². The zero-order valence-corrected chi connectivity index (χ0v) is 17.2. The van der Waals surface area contributed by atoms with Crippen LogP contribution in [0.4, 0.5) is 0 Å². The Labute approximate surface area is 176 Å². The van der Waals surface area contributed by atoms with Crippen LogP contribution in [0.2, 0.25) is 5.02 Å². The Hall–Kier alpha value is -2.08. The van der Waals surface area contributed by atoms with Crippen LogP contribution in [0.1, 0.15) is 34.8 Å². The summed E-state index contributed by atoms with van der Waals surface area (Å²) in [6, 6.07) is 15.2. The van der Waals surface area contributed by atoms with Gasteiger partial charge in [-0.1, -0.05) is 29.8 Å². The van der Waals surface area contributed by atoms with Crippen molar-refractivity contribution in [1.82, 2.24) is 10.2 Å². The van der Waals surface area contributed by atoms with Crippen molar-refractivity contribution in [1.29, 1.82) is 0 Å². The molecule has 5 nitrogen and oxygen atoms in total. The molecule has 2 aromatic carbocycles. The lowest BCUT2D eigenvalue weighted by Crippen LogP contribution is -2.44. The Kier molecular flexibility index (Phi) is 6.70. The summed E-state index contributed by atoms with van der Waals surface area (Å²) in [7, 11) is 0. The topological polar surface area (TPSA) is 50.8 Å². The molecule has 2 aliphatic rings. The quantitative estimate of drug-likeness (QED) is 0.711. The van der Waals surface area contributed by atoms with Crippen molar-refractivity contribution < 1.29 is 14.3 Å². The van der Waals surface area contributed by atoms with Crippen LogP contribution in [0.5, 0.6) is 5.75 Å². The lowest BCUT2D eigenvalue weighted by molar-refractivity contribution is 0.0162. The number of nitrogens with zero attached hydrogens (tertiary/aromatic N) is 1. The predicted molar refractivity (Wildman–Crippen MR) is 114 cm³/mol. The maximum absolute atomic E-state index is 12.7. The van der Waals surface area contributed by atoms with Crippen molar-refractivity contribution >= 4 is 17.5 Å². The number of amides is 1. The van der Waals surface area contributed by atoms with Gasteiger partial charge in [0.1, 0.15) is 5.75 Å². The molecule has 154 valence electrons. The van der Waals surface area contributed by atoms with Crippen molar-refractivity contribution in [2.75, 3.05) is 39.5 Å². The number of hydrogen-bond acceptors (Lipinski definition) is 4. The predicted octanol–water partition coefficient (Wildman–Crippen LogP) is 3.93. The first-order valence-corrected chi connectivity index (χ1v) is 10.7.